The van der Waals surface area contributed by atoms with Gasteiger partial charge in [-0.25, -0.2) is 9.07 Å². The van der Waals surface area contributed by atoms with E-state index >= 15 is 0 Å². The lowest BCUT2D eigenvalue weighted by Crippen LogP contribution is -2.07. The Balaban J connectivity index is 2.46. The molecule has 17 heavy (non-hydrogen) atoms. The van der Waals surface area contributed by atoms with Crippen molar-refractivity contribution in [3.63, 3.8) is 0 Å². The predicted octanol–water partition coefficient (Wildman–Crippen LogP) is 1.51. The highest BCUT2D eigenvalue weighted by Gasteiger charge is 2.21. The van der Waals surface area contributed by atoms with Gasteiger partial charge in [-0.1, -0.05) is 17.3 Å². The summed E-state index contributed by atoms with van der Waals surface area (Å²) in [5.41, 5.74) is 1.02. The van der Waals surface area contributed by atoms with Crippen molar-refractivity contribution in [2.75, 3.05) is 0 Å². The highest BCUT2D eigenvalue weighted by atomic mass is 19.1. The molecule has 1 unspecified atom stereocenters. The Bertz CT molecular complexity index is 553. The molecule has 1 aromatic heterocycles. The molecule has 0 spiro atoms. The first-order valence-electron chi connectivity index (χ1n) is 4.94. The van der Waals surface area contributed by atoms with Crippen LogP contribution in [0.2, 0.25) is 0 Å². The minimum absolute atomic E-state index is 0.325. The fourth-order valence-corrected chi connectivity index (χ4v) is 1.56. The molecule has 7 heteroatoms. The molecule has 0 fully saturated rings. The van der Waals surface area contributed by atoms with Gasteiger partial charge in [0.15, 0.2) is 11.9 Å². The molecule has 0 aliphatic heterocycles. The van der Waals surface area contributed by atoms with Crippen molar-refractivity contribution >= 4 is 0 Å². The lowest BCUT2D eigenvalue weighted by molar-refractivity contribution is 0.613. The van der Waals surface area contributed by atoms with Crippen LogP contribution in [0.1, 0.15) is 23.0 Å². The van der Waals surface area contributed by atoms with E-state index in [1.54, 1.807) is 20.0 Å². The molecular formula is C10H10FN5O. The Hall–Kier alpha value is -2.18. The molecule has 2 aromatic rings. The zero-order valence-corrected chi connectivity index (χ0v) is 9.33. The molecule has 1 heterocycles. The number of hydrogen-bond acceptors (Lipinski definition) is 5. The molecule has 0 N–H and O–H groups in total. The first-order chi connectivity index (χ1) is 8.13. The average molecular weight is 235 g/mol. The second kappa shape index (κ2) is 4.36. The number of hydrogen-bond donors (Lipinski definition) is 0. The van der Waals surface area contributed by atoms with Crippen molar-refractivity contribution in [2.24, 2.45) is 12.2 Å². The third-order valence-corrected chi connectivity index (χ3v) is 2.50. The van der Waals surface area contributed by atoms with Crippen LogP contribution < -0.4 is 0 Å². The lowest BCUT2D eigenvalue weighted by Gasteiger charge is -2.08. The van der Waals surface area contributed by atoms with Crippen molar-refractivity contribution in [3.8, 4) is 0 Å². The summed E-state index contributed by atoms with van der Waals surface area (Å²) in [4.78, 5) is 10.9. The molecule has 0 bridgehead atoms. The van der Waals surface area contributed by atoms with Gasteiger partial charge in [0.05, 0.1) is 0 Å². The van der Waals surface area contributed by atoms with Crippen LogP contribution >= 0.6 is 0 Å². The van der Waals surface area contributed by atoms with E-state index in [2.05, 4.69) is 20.7 Å². The number of halogens is 1. The maximum atomic E-state index is 13.1. The number of nitroso groups, excluding NO2 is 1. The minimum atomic E-state index is -0.825. The van der Waals surface area contributed by atoms with Gasteiger partial charge >= 0.3 is 0 Å². The van der Waals surface area contributed by atoms with Crippen LogP contribution in [0, 0.1) is 17.6 Å². The van der Waals surface area contributed by atoms with Crippen LogP contribution in [-0.2, 0) is 7.05 Å². The molecule has 0 aliphatic rings. The van der Waals surface area contributed by atoms with Gasteiger partial charge in [-0.15, -0.1) is 10.0 Å². The number of tetrazole rings is 1. The molecule has 0 aliphatic carbocycles. The summed E-state index contributed by atoms with van der Waals surface area (Å²) in [6, 6.07) is 3.54. The molecule has 0 saturated heterocycles. The van der Waals surface area contributed by atoms with E-state index < -0.39 is 6.04 Å². The Labute approximate surface area is 96.4 Å². The molecule has 2 rings (SSSR count). The second-order valence-electron chi connectivity index (χ2n) is 3.68. The Morgan fingerprint density at radius 3 is 2.76 bits per heavy atom. The van der Waals surface area contributed by atoms with E-state index in [4.69, 9.17) is 0 Å². The zero-order chi connectivity index (χ0) is 12.4. The van der Waals surface area contributed by atoms with Crippen LogP contribution in [0.5, 0.6) is 0 Å². The highest BCUT2D eigenvalue weighted by molar-refractivity contribution is 5.29. The molecule has 0 radical (unpaired) electrons. The van der Waals surface area contributed by atoms with Crippen LogP contribution in [-0.4, -0.2) is 20.2 Å². The van der Waals surface area contributed by atoms with Gasteiger partial charge in [-0.2, -0.15) is 0 Å². The predicted molar refractivity (Wildman–Crippen MR) is 57.6 cm³/mol. The van der Waals surface area contributed by atoms with Gasteiger partial charge < -0.3 is 0 Å². The van der Waals surface area contributed by atoms with Crippen molar-refractivity contribution in [1.82, 2.24) is 20.2 Å². The van der Waals surface area contributed by atoms with Crippen LogP contribution in [0.3, 0.4) is 0 Å². The van der Waals surface area contributed by atoms with Crippen molar-refractivity contribution in [1.29, 1.82) is 0 Å². The fraction of sp³-hybridized carbons (Fsp3) is 0.300. The highest BCUT2D eigenvalue weighted by Crippen LogP contribution is 2.24. The molecule has 6 nitrogen and oxygen atoms in total. The molecule has 88 valence electrons. The topological polar surface area (TPSA) is 73.0 Å². The van der Waals surface area contributed by atoms with Gasteiger partial charge in [0.1, 0.15) is 5.82 Å². The number of rotatable bonds is 3. The maximum Gasteiger partial charge on any atom is 0.183 e. The van der Waals surface area contributed by atoms with Crippen molar-refractivity contribution < 1.29 is 4.39 Å². The zero-order valence-electron chi connectivity index (χ0n) is 9.33. The second-order valence-corrected chi connectivity index (χ2v) is 3.68. The first-order valence-corrected chi connectivity index (χ1v) is 4.94. The summed E-state index contributed by atoms with van der Waals surface area (Å²) < 4.78 is 14.5. The Morgan fingerprint density at radius 2 is 2.24 bits per heavy atom. The third-order valence-electron chi connectivity index (χ3n) is 2.50. The van der Waals surface area contributed by atoms with E-state index in [0.717, 1.165) is 0 Å². The molecule has 1 aromatic carbocycles. The van der Waals surface area contributed by atoms with E-state index in [-0.39, 0.29) is 5.82 Å². The lowest BCUT2D eigenvalue weighted by atomic mass is 10.0. The first kappa shape index (κ1) is 11.3. The molecule has 0 saturated carbocycles. The normalized spacial score (nSPS) is 12.4. The molecule has 1 atom stereocenters. The van der Waals surface area contributed by atoms with Crippen LogP contribution in [0.4, 0.5) is 4.39 Å². The Morgan fingerprint density at radius 1 is 1.47 bits per heavy atom. The standard InChI is InChI=1S/C10H10FN5O/c1-6-5-7(3-4-8(6)11)9(13-17)10-12-14-15-16(10)2/h3-5,9H,1-2H3. The summed E-state index contributed by atoms with van der Waals surface area (Å²) in [7, 11) is 1.61. The van der Waals surface area contributed by atoms with Crippen molar-refractivity contribution in [2.45, 2.75) is 13.0 Å². The smallest absolute Gasteiger partial charge is 0.183 e. The Kier molecular flexibility index (Phi) is 2.90. The molecular weight excluding hydrogens is 225 g/mol. The van der Waals surface area contributed by atoms with Crippen LogP contribution in [0.15, 0.2) is 23.4 Å². The van der Waals surface area contributed by atoms with E-state index in [1.165, 1.54) is 16.8 Å². The number of aryl methyl sites for hydroxylation is 2. The largest absolute Gasteiger partial charge is 0.230 e. The SMILES string of the molecule is Cc1cc(C(N=O)c2nnnn2C)ccc1F. The van der Waals surface area contributed by atoms with E-state index in [0.29, 0.717) is 17.0 Å². The van der Waals surface area contributed by atoms with Gasteiger partial charge in [0, 0.05) is 7.05 Å². The van der Waals surface area contributed by atoms with Gasteiger partial charge in [-0.05, 0) is 34.5 Å². The fourth-order valence-electron chi connectivity index (χ4n) is 1.56. The third kappa shape index (κ3) is 2.03. The maximum absolute atomic E-state index is 13.1. The summed E-state index contributed by atoms with van der Waals surface area (Å²) >= 11 is 0. The number of benzene rings is 1. The van der Waals surface area contributed by atoms with E-state index in [1.807, 2.05) is 0 Å². The summed E-state index contributed by atoms with van der Waals surface area (Å²) in [5, 5.41) is 13.8. The minimum Gasteiger partial charge on any atom is -0.230 e. The quantitative estimate of drug-likeness (QED) is 0.756. The number of nitrogens with zero attached hydrogens (tertiary/aromatic N) is 5. The van der Waals surface area contributed by atoms with Crippen molar-refractivity contribution in [3.05, 3.63) is 45.9 Å². The average Bonchev–Trinajstić information content (AvgIpc) is 2.71. The summed E-state index contributed by atoms with van der Waals surface area (Å²) in [6.07, 6.45) is 0. The summed E-state index contributed by atoms with van der Waals surface area (Å²) in [5.74, 6) is 0.000461. The summed E-state index contributed by atoms with van der Waals surface area (Å²) in [6.45, 7) is 1.62. The number of aromatic nitrogens is 4. The van der Waals surface area contributed by atoms with Gasteiger partial charge in [0.25, 0.3) is 0 Å². The van der Waals surface area contributed by atoms with Crippen LogP contribution in [0.25, 0.3) is 0 Å². The van der Waals surface area contributed by atoms with Gasteiger partial charge in [-0.3, -0.25) is 0 Å². The monoisotopic (exact) mass is 235 g/mol. The van der Waals surface area contributed by atoms with Gasteiger partial charge in [0.2, 0.25) is 0 Å². The van der Waals surface area contributed by atoms with E-state index in [9.17, 15) is 9.30 Å². The molecule has 0 amide bonds.